The first-order valence-corrected chi connectivity index (χ1v) is 15.5. The summed E-state index contributed by atoms with van der Waals surface area (Å²) in [7, 11) is -0.518. The molecule has 2 N–H and O–H groups in total. The van der Waals surface area contributed by atoms with Crippen molar-refractivity contribution in [1.29, 1.82) is 5.26 Å². The van der Waals surface area contributed by atoms with E-state index >= 15 is 0 Å². The van der Waals surface area contributed by atoms with Gasteiger partial charge in [0, 0.05) is 44.3 Å². The summed E-state index contributed by atoms with van der Waals surface area (Å²) in [6.07, 6.45) is -3.00. The van der Waals surface area contributed by atoms with Gasteiger partial charge in [-0.25, -0.2) is 8.42 Å². The Balaban J connectivity index is 1.61. The lowest BCUT2D eigenvalue weighted by molar-refractivity contribution is -0.143. The number of likely N-dealkylation sites (tertiary alicyclic amines) is 1. The molecule has 1 unspecified atom stereocenters. The molecule has 14 heteroatoms. The second kappa shape index (κ2) is 11.3. The van der Waals surface area contributed by atoms with E-state index in [1.807, 2.05) is 38.9 Å². The number of carbonyl (C=O) groups is 2. The molecule has 0 radical (unpaired) electrons. The van der Waals surface area contributed by atoms with Gasteiger partial charge in [-0.05, 0) is 53.0 Å². The van der Waals surface area contributed by atoms with Crippen molar-refractivity contribution in [2.45, 2.75) is 63.8 Å². The van der Waals surface area contributed by atoms with Crippen molar-refractivity contribution >= 4 is 27.5 Å². The minimum atomic E-state index is -4.70. The number of fused-ring (bicyclic) bond motifs is 1. The van der Waals surface area contributed by atoms with E-state index in [2.05, 4.69) is 15.0 Å². The molecular weight excluding hydrogens is 597 g/mol. The number of nitrogens with zero attached hydrogens (tertiary/aromatic N) is 4. The maximum atomic E-state index is 14.1. The fraction of sp³-hybridized carbons (Fsp3) is 0.533. The number of piperidine rings is 1. The number of hydrogen-bond donors (Lipinski definition) is 2. The van der Waals surface area contributed by atoms with Crippen LogP contribution in [0.2, 0.25) is 0 Å². The molecule has 44 heavy (non-hydrogen) atoms. The van der Waals surface area contributed by atoms with Gasteiger partial charge in [0.25, 0.3) is 0 Å². The Morgan fingerprint density at radius 3 is 2.27 bits per heavy atom. The third-order valence-corrected chi connectivity index (χ3v) is 10.1. The summed E-state index contributed by atoms with van der Waals surface area (Å²) < 4.78 is 69.2. The molecule has 1 aromatic carbocycles. The molecule has 1 aliphatic heterocycles. The first-order chi connectivity index (χ1) is 20.2. The number of rotatable bonds is 8. The van der Waals surface area contributed by atoms with Crippen LogP contribution in [0.4, 0.5) is 18.9 Å². The van der Waals surface area contributed by atoms with Crippen molar-refractivity contribution in [3.8, 4) is 6.07 Å². The van der Waals surface area contributed by atoms with Gasteiger partial charge >= 0.3 is 6.18 Å². The highest BCUT2D eigenvalue weighted by Gasteiger charge is 2.70. The maximum Gasteiger partial charge on any atom is 0.417 e. The first kappa shape index (κ1) is 33.2. The number of halogens is 3. The molecule has 4 rings (SSSR count). The van der Waals surface area contributed by atoms with Gasteiger partial charge in [0.1, 0.15) is 18.1 Å². The van der Waals surface area contributed by atoms with E-state index in [4.69, 9.17) is 0 Å². The molecule has 238 valence electrons. The second-order valence-corrected chi connectivity index (χ2v) is 15.0. The van der Waals surface area contributed by atoms with Crippen molar-refractivity contribution in [3.63, 3.8) is 0 Å². The van der Waals surface area contributed by atoms with Crippen LogP contribution in [0.5, 0.6) is 0 Å². The highest BCUT2D eigenvalue weighted by atomic mass is 32.2. The van der Waals surface area contributed by atoms with Gasteiger partial charge in [0.05, 0.1) is 16.5 Å². The van der Waals surface area contributed by atoms with E-state index in [1.54, 1.807) is 32.9 Å². The Morgan fingerprint density at radius 2 is 1.75 bits per heavy atom. The van der Waals surface area contributed by atoms with Crippen LogP contribution in [0.1, 0.15) is 51.8 Å². The normalized spacial score (nSPS) is 22.4. The molecule has 1 saturated heterocycles. The van der Waals surface area contributed by atoms with Crippen molar-refractivity contribution in [3.05, 3.63) is 53.9 Å². The molecule has 2 aliphatic rings. The lowest BCUT2D eigenvalue weighted by atomic mass is 9.86. The number of alkyl halides is 3. The van der Waals surface area contributed by atoms with E-state index in [0.29, 0.717) is 6.20 Å². The minimum absolute atomic E-state index is 0.0311. The Kier molecular flexibility index (Phi) is 8.56. The summed E-state index contributed by atoms with van der Waals surface area (Å²) >= 11 is 0. The molecule has 2 heterocycles. The van der Waals surface area contributed by atoms with Crippen LogP contribution in [-0.4, -0.2) is 62.8 Å². The summed E-state index contributed by atoms with van der Waals surface area (Å²) in [5, 5.41) is 12.3. The summed E-state index contributed by atoms with van der Waals surface area (Å²) in [5.74, 6) is -1.67. The molecule has 0 spiro atoms. The molecule has 0 bridgehead atoms. The topological polar surface area (TPSA) is 136 Å². The zero-order valence-electron chi connectivity index (χ0n) is 25.6. The van der Waals surface area contributed by atoms with Crippen LogP contribution in [0, 0.1) is 34.0 Å². The first-order valence-electron chi connectivity index (χ1n) is 14.0. The van der Waals surface area contributed by atoms with Gasteiger partial charge in [0.2, 0.25) is 21.8 Å². The average molecular weight is 635 g/mol. The monoisotopic (exact) mass is 634 g/mol. The highest BCUT2D eigenvalue weighted by molar-refractivity contribution is 7.89. The zero-order chi connectivity index (χ0) is 33.0. The van der Waals surface area contributed by atoms with Gasteiger partial charge in [-0.3, -0.25) is 14.6 Å². The number of benzene rings is 1. The predicted molar refractivity (Wildman–Crippen MR) is 156 cm³/mol. The summed E-state index contributed by atoms with van der Waals surface area (Å²) in [4.78, 5) is 34.6. The molecule has 2 fully saturated rings. The van der Waals surface area contributed by atoms with Gasteiger partial charge in [-0.2, -0.15) is 23.2 Å². The number of nitriles is 1. The van der Waals surface area contributed by atoms with Crippen LogP contribution in [0.3, 0.4) is 0 Å². The van der Waals surface area contributed by atoms with Crippen LogP contribution < -0.4 is 14.9 Å². The number of amides is 2. The summed E-state index contributed by atoms with van der Waals surface area (Å²) in [6.45, 7) is 9.19. The molecule has 2 amide bonds. The smallest absolute Gasteiger partial charge is 0.378 e. The summed E-state index contributed by atoms with van der Waals surface area (Å²) in [5.41, 5.74) is -1.66. The van der Waals surface area contributed by atoms with Crippen molar-refractivity contribution in [1.82, 2.24) is 19.9 Å². The fourth-order valence-electron chi connectivity index (χ4n) is 5.91. The van der Waals surface area contributed by atoms with Crippen molar-refractivity contribution < 1.29 is 31.2 Å². The molecule has 1 saturated carbocycles. The van der Waals surface area contributed by atoms with Crippen molar-refractivity contribution in [2.24, 2.45) is 22.7 Å². The molecule has 1 aliphatic carbocycles. The number of sulfonamides is 1. The van der Waals surface area contributed by atoms with Crippen LogP contribution in [-0.2, 0) is 25.8 Å². The summed E-state index contributed by atoms with van der Waals surface area (Å²) in [6, 6.07) is 4.95. The van der Waals surface area contributed by atoms with Crippen molar-refractivity contribution in [2.75, 3.05) is 25.5 Å². The SMILES string of the molecule is CN(C)c1ccc(S(=O)(=O)N[C@H](C(=O)N2C[C@H]3[C@@H]([C@H]2C(=O)NC(C#N)c2cncc(C(F)(F)F)c2)C3(C)C)C(C)(C)C)cc1. The molecule has 1 aromatic heterocycles. The van der Waals surface area contributed by atoms with Crippen LogP contribution in [0.25, 0.3) is 0 Å². The van der Waals surface area contributed by atoms with Gasteiger partial charge in [0.15, 0.2) is 0 Å². The van der Waals surface area contributed by atoms with E-state index in [-0.39, 0.29) is 34.3 Å². The fourth-order valence-corrected chi connectivity index (χ4v) is 7.31. The number of aromatic nitrogens is 1. The van der Waals surface area contributed by atoms with Gasteiger partial charge in [-0.15, -0.1) is 0 Å². The lowest BCUT2D eigenvalue weighted by Crippen LogP contribution is -2.59. The van der Waals surface area contributed by atoms with Crippen LogP contribution >= 0.6 is 0 Å². The van der Waals surface area contributed by atoms with Gasteiger partial charge in [-0.1, -0.05) is 34.6 Å². The second-order valence-electron chi connectivity index (χ2n) is 13.3. The Morgan fingerprint density at radius 1 is 1.14 bits per heavy atom. The van der Waals surface area contributed by atoms with Crippen LogP contribution in [0.15, 0.2) is 47.6 Å². The zero-order valence-corrected chi connectivity index (χ0v) is 26.4. The predicted octanol–water partition coefficient (Wildman–Crippen LogP) is 3.72. The third-order valence-electron chi connectivity index (χ3n) is 8.65. The Labute approximate surface area is 255 Å². The van der Waals surface area contributed by atoms with E-state index < -0.39 is 57.1 Å². The van der Waals surface area contributed by atoms with E-state index in [1.165, 1.54) is 17.0 Å². The number of hydrogen-bond acceptors (Lipinski definition) is 7. The highest BCUT2D eigenvalue weighted by Crippen LogP contribution is 2.65. The molecule has 5 atom stereocenters. The standard InChI is InChI=1S/C30H37F3N6O4S/c1-28(2,3)25(37-44(42,43)20-10-8-19(9-11-20)38(6)7)27(41)39-16-21-23(29(21,4)5)24(39)26(40)36-22(13-34)17-12-18(15-35-14-17)30(31,32)33/h8-12,14-15,21-25,37H,16H2,1-7H3,(H,36,40)/t21-,22?,23-,24-,25+/m0/s1. The lowest BCUT2D eigenvalue weighted by Gasteiger charge is -2.37. The minimum Gasteiger partial charge on any atom is -0.378 e. The number of pyridine rings is 1. The molecule has 10 nitrogen and oxygen atoms in total. The quantitative estimate of drug-likeness (QED) is 0.452. The number of nitrogens with one attached hydrogen (secondary N) is 2. The number of anilines is 1. The van der Waals surface area contributed by atoms with E-state index in [0.717, 1.165) is 18.0 Å². The third kappa shape index (κ3) is 6.39. The Bertz CT molecular complexity index is 1580. The number of carbonyl (C=O) groups excluding carboxylic acids is 2. The van der Waals surface area contributed by atoms with Gasteiger partial charge < -0.3 is 15.1 Å². The Hall–Kier alpha value is -3.70. The van der Waals surface area contributed by atoms with E-state index in [9.17, 15) is 36.4 Å². The average Bonchev–Trinajstić information content (AvgIpc) is 3.25. The molecular formula is C30H37F3N6O4S. The maximum absolute atomic E-state index is 14.1. The largest absolute Gasteiger partial charge is 0.417 e. The molecule has 2 aromatic rings.